The number of aryl methyl sites for hydroxylation is 2. The van der Waals surface area contributed by atoms with Gasteiger partial charge < -0.3 is 9.47 Å². The molecule has 1 heterocycles. The maximum Gasteiger partial charge on any atom is 0.104 e. The lowest BCUT2D eigenvalue weighted by Gasteiger charge is -2.07. The fourth-order valence-electron chi connectivity index (χ4n) is 2.99. The van der Waals surface area contributed by atoms with Crippen LogP contribution in [0.2, 0.25) is 0 Å². The fraction of sp³-hybridized carbons (Fsp3) is 0.524. The molecule has 3 rings (SSSR count). The summed E-state index contributed by atoms with van der Waals surface area (Å²) in [6.07, 6.45) is 7.65. The molecule has 0 N–H and O–H groups in total. The minimum absolute atomic E-state index is 0.377. The zero-order chi connectivity index (χ0) is 15.9. The standard InChI is InChI=1S/C21H28O2/c1-2-3-4-6-17-8-10-20-14-18(9-11-19(20)13-17)7-5-12-22-15-21-16-23-21/h8-11,13-14,21H,2-7,12,15-16H2,1H3. The first-order chi connectivity index (χ1) is 11.3. The molecule has 1 aliphatic heterocycles. The summed E-state index contributed by atoms with van der Waals surface area (Å²) in [6.45, 7) is 4.73. The van der Waals surface area contributed by atoms with Crippen molar-refractivity contribution in [2.45, 2.75) is 51.6 Å². The van der Waals surface area contributed by atoms with Crippen LogP contribution in [0.3, 0.4) is 0 Å². The van der Waals surface area contributed by atoms with Gasteiger partial charge in [0.25, 0.3) is 0 Å². The molecule has 1 aliphatic rings. The van der Waals surface area contributed by atoms with Gasteiger partial charge in [-0.3, -0.25) is 0 Å². The van der Waals surface area contributed by atoms with Gasteiger partial charge in [0.2, 0.25) is 0 Å². The number of epoxide rings is 1. The molecule has 0 saturated carbocycles. The van der Waals surface area contributed by atoms with Crippen LogP contribution in [-0.2, 0) is 22.3 Å². The van der Waals surface area contributed by atoms with Gasteiger partial charge in [0.15, 0.2) is 0 Å². The molecule has 2 aromatic rings. The first kappa shape index (κ1) is 16.5. The number of rotatable bonds is 10. The summed E-state index contributed by atoms with van der Waals surface area (Å²) < 4.78 is 10.7. The fourth-order valence-corrected chi connectivity index (χ4v) is 2.99. The average molecular weight is 312 g/mol. The van der Waals surface area contributed by atoms with Crippen molar-refractivity contribution in [1.29, 1.82) is 0 Å². The topological polar surface area (TPSA) is 21.8 Å². The molecule has 1 atom stereocenters. The van der Waals surface area contributed by atoms with E-state index in [1.54, 1.807) is 0 Å². The summed E-state index contributed by atoms with van der Waals surface area (Å²) >= 11 is 0. The smallest absolute Gasteiger partial charge is 0.104 e. The molecule has 0 bridgehead atoms. The molecular weight excluding hydrogens is 284 g/mol. The van der Waals surface area contributed by atoms with E-state index in [1.165, 1.54) is 47.6 Å². The van der Waals surface area contributed by atoms with Crippen molar-refractivity contribution in [2.24, 2.45) is 0 Å². The molecule has 2 heteroatoms. The SMILES string of the molecule is CCCCCc1ccc2cc(CCCOCC3CO3)ccc2c1. The van der Waals surface area contributed by atoms with E-state index in [2.05, 4.69) is 43.3 Å². The maximum absolute atomic E-state index is 5.60. The van der Waals surface area contributed by atoms with Crippen molar-refractivity contribution in [3.05, 3.63) is 47.5 Å². The highest BCUT2D eigenvalue weighted by Crippen LogP contribution is 2.20. The summed E-state index contributed by atoms with van der Waals surface area (Å²) in [5.74, 6) is 0. The summed E-state index contributed by atoms with van der Waals surface area (Å²) in [5, 5.41) is 2.72. The van der Waals surface area contributed by atoms with Gasteiger partial charge in [0, 0.05) is 6.61 Å². The van der Waals surface area contributed by atoms with E-state index in [1.807, 2.05) is 0 Å². The second-order valence-electron chi connectivity index (χ2n) is 6.61. The maximum atomic E-state index is 5.60. The third-order valence-corrected chi connectivity index (χ3v) is 4.50. The number of benzene rings is 2. The molecular formula is C21H28O2. The van der Waals surface area contributed by atoms with Crippen molar-refractivity contribution in [2.75, 3.05) is 19.8 Å². The van der Waals surface area contributed by atoms with E-state index in [-0.39, 0.29) is 0 Å². The van der Waals surface area contributed by atoms with E-state index >= 15 is 0 Å². The number of hydrogen-bond acceptors (Lipinski definition) is 2. The molecule has 0 amide bonds. The largest absolute Gasteiger partial charge is 0.379 e. The third-order valence-electron chi connectivity index (χ3n) is 4.50. The van der Waals surface area contributed by atoms with E-state index in [9.17, 15) is 0 Å². The van der Waals surface area contributed by atoms with Gasteiger partial charge in [-0.05, 0) is 47.6 Å². The number of unbranched alkanes of at least 4 members (excludes halogenated alkanes) is 2. The van der Waals surface area contributed by atoms with E-state index in [4.69, 9.17) is 9.47 Å². The van der Waals surface area contributed by atoms with Gasteiger partial charge >= 0.3 is 0 Å². The van der Waals surface area contributed by atoms with E-state index < -0.39 is 0 Å². The average Bonchev–Trinajstić information content (AvgIpc) is 3.39. The Balaban J connectivity index is 1.50. The Morgan fingerprint density at radius 1 is 0.957 bits per heavy atom. The van der Waals surface area contributed by atoms with Crippen LogP contribution in [0.25, 0.3) is 10.8 Å². The first-order valence-electron chi connectivity index (χ1n) is 9.06. The minimum atomic E-state index is 0.377. The Bertz CT molecular complexity index is 616. The number of hydrogen-bond donors (Lipinski definition) is 0. The zero-order valence-electron chi connectivity index (χ0n) is 14.2. The van der Waals surface area contributed by atoms with Crippen LogP contribution < -0.4 is 0 Å². The Morgan fingerprint density at radius 2 is 1.61 bits per heavy atom. The molecule has 124 valence electrons. The highest BCUT2D eigenvalue weighted by Gasteiger charge is 2.21. The summed E-state index contributed by atoms with van der Waals surface area (Å²) in [4.78, 5) is 0. The van der Waals surface area contributed by atoms with Crippen LogP contribution in [0, 0.1) is 0 Å². The predicted molar refractivity (Wildman–Crippen MR) is 96.1 cm³/mol. The Kier molecular flexibility index (Phi) is 6.06. The van der Waals surface area contributed by atoms with Crippen molar-refractivity contribution in [3.8, 4) is 0 Å². The second kappa shape index (κ2) is 8.47. The van der Waals surface area contributed by atoms with Gasteiger partial charge in [-0.2, -0.15) is 0 Å². The lowest BCUT2D eigenvalue weighted by molar-refractivity contribution is 0.114. The van der Waals surface area contributed by atoms with Gasteiger partial charge in [-0.25, -0.2) is 0 Å². The molecule has 2 nitrogen and oxygen atoms in total. The van der Waals surface area contributed by atoms with E-state index in [0.29, 0.717) is 6.10 Å². The molecule has 1 saturated heterocycles. The summed E-state index contributed by atoms with van der Waals surface area (Å²) in [7, 11) is 0. The van der Waals surface area contributed by atoms with Gasteiger partial charge in [-0.15, -0.1) is 0 Å². The van der Waals surface area contributed by atoms with Crippen molar-refractivity contribution in [1.82, 2.24) is 0 Å². The Hall–Kier alpha value is -1.38. The quantitative estimate of drug-likeness (QED) is 0.459. The van der Waals surface area contributed by atoms with Crippen LogP contribution in [-0.4, -0.2) is 25.9 Å². The number of ether oxygens (including phenoxy) is 2. The monoisotopic (exact) mass is 312 g/mol. The molecule has 0 spiro atoms. The second-order valence-corrected chi connectivity index (χ2v) is 6.61. The van der Waals surface area contributed by atoms with Crippen LogP contribution in [0.15, 0.2) is 36.4 Å². The molecule has 23 heavy (non-hydrogen) atoms. The molecule has 0 radical (unpaired) electrons. The van der Waals surface area contributed by atoms with Crippen molar-refractivity contribution in [3.63, 3.8) is 0 Å². The minimum Gasteiger partial charge on any atom is -0.379 e. The van der Waals surface area contributed by atoms with Gasteiger partial charge in [0.05, 0.1) is 13.2 Å². The Morgan fingerprint density at radius 3 is 2.22 bits per heavy atom. The van der Waals surface area contributed by atoms with Crippen LogP contribution in [0.5, 0.6) is 0 Å². The Labute approximate surface area is 139 Å². The highest BCUT2D eigenvalue weighted by atomic mass is 16.6. The van der Waals surface area contributed by atoms with Crippen molar-refractivity contribution < 1.29 is 9.47 Å². The highest BCUT2D eigenvalue weighted by molar-refractivity contribution is 5.83. The zero-order valence-corrected chi connectivity index (χ0v) is 14.2. The molecule has 0 aliphatic carbocycles. The first-order valence-corrected chi connectivity index (χ1v) is 9.06. The summed E-state index contributed by atoms with van der Waals surface area (Å²) in [6, 6.07) is 13.8. The summed E-state index contributed by atoms with van der Waals surface area (Å²) in [5.41, 5.74) is 2.87. The predicted octanol–water partition coefficient (Wildman–Crippen LogP) is 4.92. The lowest BCUT2D eigenvalue weighted by atomic mass is 10.00. The molecule has 1 unspecified atom stereocenters. The van der Waals surface area contributed by atoms with Crippen LogP contribution >= 0.6 is 0 Å². The number of fused-ring (bicyclic) bond motifs is 1. The van der Waals surface area contributed by atoms with Crippen LogP contribution in [0.1, 0.15) is 43.7 Å². The van der Waals surface area contributed by atoms with Gasteiger partial charge in [-0.1, -0.05) is 56.2 Å². The molecule has 1 fully saturated rings. The van der Waals surface area contributed by atoms with Gasteiger partial charge in [0.1, 0.15) is 6.10 Å². The molecule has 2 aromatic carbocycles. The lowest BCUT2D eigenvalue weighted by Crippen LogP contribution is -2.03. The normalized spacial score (nSPS) is 16.8. The van der Waals surface area contributed by atoms with Crippen LogP contribution in [0.4, 0.5) is 0 Å². The molecule has 0 aromatic heterocycles. The third kappa shape index (κ3) is 5.33. The van der Waals surface area contributed by atoms with Crippen molar-refractivity contribution >= 4 is 10.8 Å². The van der Waals surface area contributed by atoms with E-state index in [0.717, 1.165) is 32.7 Å².